The van der Waals surface area contributed by atoms with Crippen LogP contribution in [0.5, 0.6) is 0 Å². The topological polar surface area (TPSA) is 97.2 Å². The Labute approximate surface area is 279 Å². The molecule has 1 aromatic carbocycles. The van der Waals surface area contributed by atoms with Crippen LogP contribution in [0.4, 0.5) is 23.4 Å². The lowest BCUT2D eigenvalue weighted by Crippen LogP contribution is -2.47. The standard InChI is InChI=1S/C35H45F4N5O3S/c1-22(36)30-10-5-3-4-6-15-44-33-28(20-27(34(44)45)24-13-18-48(46,47)19-14-24)32(40-21-41-33)42-23(2)26-8-7-9-29(31(26)37)35(38,39)25-11-16-43(30)17-12-25/h7-9,20-25,30H,3-6,10-19H2,1-2H3,(H,40,41,42)/t22?,23-,30?/m1/s1. The first-order chi connectivity index (χ1) is 22.9. The number of sulfone groups is 1. The summed E-state index contributed by atoms with van der Waals surface area (Å²) in [5.74, 6) is -5.40. The molecule has 2 saturated heterocycles. The van der Waals surface area contributed by atoms with Crippen LogP contribution >= 0.6 is 0 Å². The van der Waals surface area contributed by atoms with Crippen LogP contribution < -0.4 is 10.9 Å². The summed E-state index contributed by atoms with van der Waals surface area (Å²) in [6, 6.07) is 4.63. The molecule has 1 N–H and O–H groups in total. The first kappa shape index (κ1) is 34.8. The normalized spacial score (nSPS) is 27.6. The monoisotopic (exact) mass is 691 g/mol. The predicted molar refractivity (Wildman–Crippen MR) is 178 cm³/mol. The molecule has 4 aliphatic rings. The zero-order valence-electron chi connectivity index (χ0n) is 27.6. The number of benzene rings is 1. The largest absolute Gasteiger partial charge is 0.363 e. The summed E-state index contributed by atoms with van der Waals surface area (Å²) < 4.78 is 89.0. The van der Waals surface area contributed by atoms with Crippen molar-refractivity contribution in [1.29, 1.82) is 0 Å². The SMILES string of the molecule is CC(F)C1CCCCCCn2c(=O)c(C3CCS(=O)(=O)CC3)cc3c(ncnc32)N[C@H](C)c2cccc(c2F)C(F)(F)C2CCN1CC2. The fraction of sp³-hybridized carbons (Fsp3) is 0.629. The Morgan fingerprint density at radius 3 is 2.38 bits per heavy atom. The van der Waals surface area contributed by atoms with Crippen molar-refractivity contribution in [3.8, 4) is 0 Å². The molecule has 0 radical (unpaired) electrons. The smallest absolute Gasteiger partial charge is 0.278 e. The summed E-state index contributed by atoms with van der Waals surface area (Å²) >= 11 is 0. The van der Waals surface area contributed by atoms with Crippen molar-refractivity contribution in [1.82, 2.24) is 19.4 Å². The van der Waals surface area contributed by atoms with Crippen molar-refractivity contribution < 1.29 is 26.0 Å². The summed E-state index contributed by atoms with van der Waals surface area (Å²) in [5, 5.41) is 3.73. The number of aryl methyl sites for hydroxylation is 1. The van der Waals surface area contributed by atoms with Gasteiger partial charge in [0.1, 0.15) is 39.6 Å². The number of hydrogen-bond donors (Lipinski definition) is 1. The van der Waals surface area contributed by atoms with Crippen LogP contribution in [0.3, 0.4) is 0 Å². The molecule has 3 aromatic rings. The van der Waals surface area contributed by atoms with Gasteiger partial charge in [-0.25, -0.2) is 35.9 Å². The van der Waals surface area contributed by atoms with Gasteiger partial charge in [0.05, 0.1) is 28.5 Å². The van der Waals surface area contributed by atoms with Gasteiger partial charge in [-0.15, -0.1) is 0 Å². The highest BCUT2D eigenvalue weighted by molar-refractivity contribution is 7.91. The molecule has 0 aliphatic carbocycles. The molecule has 3 atom stereocenters. The molecule has 262 valence electrons. The number of nitrogens with one attached hydrogen (secondary N) is 1. The minimum Gasteiger partial charge on any atom is -0.363 e. The molecule has 2 unspecified atom stereocenters. The second kappa shape index (κ2) is 14.0. The molecule has 48 heavy (non-hydrogen) atoms. The molecule has 8 bridgehead atoms. The molecule has 8 nitrogen and oxygen atoms in total. The number of anilines is 1. The maximum Gasteiger partial charge on any atom is 0.278 e. The lowest BCUT2D eigenvalue weighted by atomic mass is 9.84. The van der Waals surface area contributed by atoms with E-state index in [1.54, 1.807) is 17.6 Å². The van der Waals surface area contributed by atoms with E-state index in [0.29, 0.717) is 67.7 Å². The van der Waals surface area contributed by atoms with E-state index in [-0.39, 0.29) is 47.4 Å². The highest BCUT2D eigenvalue weighted by Crippen LogP contribution is 2.44. The van der Waals surface area contributed by atoms with Crippen LogP contribution in [0.15, 0.2) is 35.4 Å². The number of aromatic nitrogens is 3. The third-order valence-electron chi connectivity index (χ3n) is 10.8. The van der Waals surface area contributed by atoms with Crippen LogP contribution in [-0.4, -0.2) is 64.7 Å². The van der Waals surface area contributed by atoms with Crippen molar-refractivity contribution in [3.05, 3.63) is 63.5 Å². The first-order valence-electron chi connectivity index (χ1n) is 17.3. The van der Waals surface area contributed by atoms with Crippen molar-refractivity contribution in [2.45, 2.75) is 108 Å². The number of rotatable bonds is 2. The van der Waals surface area contributed by atoms with Crippen LogP contribution in [0.1, 0.15) is 100 Å². The summed E-state index contributed by atoms with van der Waals surface area (Å²) in [6.07, 6.45) is 4.79. The van der Waals surface area contributed by atoms with E-state index in [1.165, 1.54) is 25.4 Å². The summed E-state index contributed by atoms with van der Waals surface area (Å²) in [6.45, 7) is 4.22. The lowest BCUT2D eigenvalue weighted by Gasteiger charge is -2.40. The van der Waals surface area contributed by atoms with Crippen LogP contribution in [0, 0.1) is 11.7 Å². The van der Waals surface area contributed by atoms with E-state index in [4.69, 9.17) is 0 Å². The number of halogens is 4. The molecule has 6 heterocycles. The Hall–Kier alpha value is -3.06. The van der Waals surface area contributed by atoms with Gasteiger partial charge in [-0.2, -0.15) is 0 Å². The van der Waals surface area contributed by atoms with E-state index >= 15 is 13.2 Å². The second-order valence-corrected chi connectivity index (χ2v) is 16.2. The van der Waals surface area contributed by atoms with E-state index < -0.39 is 45.3 Å². The van der Waals surface area contributed by atoms with E-state index in [1.807, 2.05) is 4.90 Å². The number of hydrogen-bond acceptors (Lipinski definition) is 7. The van der Waals surface area contributed by atoms with E-state index in [9.17, 15) is 17.6 Å². The highest BCUT2D eigenvalue weighted by Gasteiger charge is 2.46. The fourth-order valence-electron chi connectivity index (χ4n) is 7.94. The number of alkyl halides is 3. The van der Waals surface area contributed by atoms with Gasteiger partial charge in [0, 0.05) is 29.6 Å². The average molecular weight is 692 g/mol. The molecule has 0 amide bonds. The van der Waals surface area contributed by atoms with Gasteiger partial charge < -0.3 is 5.32 Å². The van der Waals surface area contributed by atoms with Crippen molar-refractivity contribution in [2.24, 2.45) is 5.92 Å². The second-order valence-electron chi connectivity index (χ2n) is 13.9. The Balaban J connectivity index is 1.41. The Kier molecular flexibility index (Phi) is 10.2. The lowest BCUT2D eigenvalue weighted by molar-refractivity contribution is -0.0933. The Bertz CT molecular complexity index is 1780. The molecular formula is C35H45F4N5O3S. The summed E-state index contributed by atoms with van der Waals surface area (Å²) in [4.78, 5) is 24.8. The van der Waals surface area contributed by atoms with Crippen molar-refractivity contribution in [3.63, 3.8) is 0 Å². The maximum absolute atomic E-state index is 16.1. The van der Waals surface area contributed by atoms with Crippen LogP contribution in [-0.2, 0) is 22.3 Å². The third-order valence-corrected chi connectivity index (χ3v) is 12.5. The highest BCUT2D eigenvalue weighted by atomic mass is 32.2. The fourth-order valence-corrected chi connectivity index (χ4v) is 9.43. The minimum atomic E-state index is -3.42. The zero-order valence-corrected chi connectivity index (χ0v) is 28.4. The maximum atomic E-state index is 16.1. The molecule has 2 fully saturated rings. The average Bonchev–Trinajstić information content (AvgIpc) is 3.05. The first-order valence-corrected chi connectivity index (χ1v) is 19.1. The van der Waals surface area contributed by atoms with Crippen molar-refractivity contribution >= 4 is 26.7 Å². The number of nitrogens with zero attached hydrogens (tertiary/aromatic N) is 4. The Morgan fingerprint density at radius 1 is 0.958 bits per heavy atom. The molecule has 13 heteroatoms. The molecular weight excluding hydrogens is 646 g/mol. The predicted octanol–water partition coefficient (Wildman–Crippen LogP) is 6.89. The minimum absolute atomic E-state index is 0.000394. The van der Waals surface area contributed by atoms with Gasteiger partial charge in [-0.3, -0.25) is 14.3 Å². The van der Waals surface area contributed by atoms with Crippen LogP contribution in [0.25, 0.3) is 11.0 Å². The molecule has 0 saturated carbocycles. The quantitative estimate of drug-likeness (QED) is 0.293. The molecule has 4 aliphatic heterocycles. The zero-order chi connectivity index (χ0) is 34.2. The van der Waals surface area contributed by atoms with E-state index in [2.05, 4.69) is 15.3 Å². The van der Waals surface area contributed by atoms with Gasteiger partial charge in [-0.05, 0) is 77.4 Å². The van der Waals surface area contributed by atoms with Gasteiger partial charge in [0.15, 0.2) is 0 Å². The van der Waals surface area contributed by atoms with E-state index in [0.717, 1.165) is 25.3 Å². The summed E-state index contributed by atoms with van der Waals surface area (Å²) in [5.41, 5.74) is 0.0559. The number of fused-ring (bicyclic) bond motifs is 9. The summed E-state index contributed by atoms with van der Waals surface area (Å²) in [7, 11) is -3.16. The molecule has 0 spiro atoms. The third kappa shape index (κ3) is 6.99. The van der Waals surface area contributed by atoms with Gasteiger partial charge in [-0.1, -0.05) is 37.5 Å². The van der Waals surface area contributed by atoms with Gasteiger partial charge in [0.2, 0.25) is 0 Å². The van der Waals surface area contributed by atoms with Gasteiger partial charge in [0.25, 0.3) is 11.5 Å². The number of pyridine rings is 1. The molecule has 7 rings (SSSR count). The van der Waals surface area contributed by atoms with Crippen LogP contribution in [0.2, 0.25) is 0 Å². The molecule has 2 aromatic heterocycles. The van der Waals surface area contributed by atoms with Crippen molar-refractivity contribution in [2.75, 3.05) is 29.9 Å². The Morgan fingerprint density at radius 2 is 1.67 bits per heavy atom. The number of piperidine rings is 1. The van der Waals surface area contributed by atoms with Gasteiger partial charge >= 0.3 is 0 Å².